The highest BCUT2D eigenvalue weighted by atomic mass is 16.3. The summed E-state index contributed by atoms with van der Waals surface area (Å²) in [5, 5.41) is 49.4. The Kier molecular flexibility index (Phi) is 5.55. The van der Waals surface area contributed by atoms with Gasteiger partial charge in [0.15, 0.2) is 0 Å². The first-order chi connectivity index (χ1) is 10.6. The minimum absolute atomic E-state index is 0.289. The number of aliphatic hydroxyl groups is 5. The van der Waals surface area contributed by atoms with Gasteiger partial charge in [-0.25, -0.2) is 0 Å². The molecule has 5 N–H and O–H groups in total. The highest BCUT2D eigenvalue weighted by molar-refractivity contribution is 5.15. The van der Waals surface area contributed by atoms with Crippen LogP contribution in [0, 0.1) is 10.8 Å². The fourth-order valence-corrected chi connectivity index (χ4v) is 3.37. The quantitative estimate of drug-likeness (QED) is 0.452. The second-order valence-electron chi connectivity index (χ2n) is 6.39. The zero-order valence-electron chi connectivity index (χ0n) is 12.6. The molecule has 1 saturated heterocycles. The molecule has 0 radical (unpaired) electrons. The number of hydrogen-bond acceptors (Lipinski definition) is 6. The molecule has 0 aromatic heterocycles. The lowest BCUT2D eigenvalue weighted by Gasteiger charge is -2.53. The van der Waals surface area contributed by atoms with Gasteiger partial charge in [-0.15, -0.1) is 0 Å². The molecule has 1 aromatic carbocycles. The Morgan fingerprint density at radius 2 is 1.32 bits per heavy atom. The van der Waals surface area contributed by atoms with Crippen molar-refractivity contribution in [1.82, 2.24) is 4.90 Å². The van der Waals surface area contributed by atoms with Crippen LogP contribution in [0.5, 0.6) is 0 Å². The smallest absolute Gasteiger partial charge is 0.0765 e. The van der Waals surface area contributed by atoms with Gasteiger partial charge >= 0.3 is 0 Å². The van der Waals surface area contributed by atoms with Crippen LogP contribution >= 0.6 is 0 Å². The lowest BCUT2D eigenvalue weighted by Crippen LogP contribution is -2.67. The lowest BCUT2D eigenvalue weighted by atomic mass is 9.65. The Hall–Kier alpha value is -1.02. The van der Waals surface area contributed by atoms with Gasteiger partial charge in [0.05, 0.1) is 43.4 Å². The van der Waals surface area contributed by atoms with Crippen molar-refractivity contribution in [2.45, 2.75) is 12.6 Å². The van der Waals surface area contributed by atoms with Crippen LogP contribution in [0.15, 0.2) is 30.3 Å². The second kappa shape index (κ2) is 7.04. The number of hydrogen-bond donors (Lipinski definition) is 5. The molecule has 1 fully saturated rings. The maximum atomic E-state index is 10.5. The van der Waals surface area contributed by atoms with Crippen LogP contribution in [0.2, 0.25) is 0 Å². The molecule has 6 heteroatoms. The summed E-state index contributed by atoms with van der Waals surface area (Å²) >= 11 is 0. The van der Waals surface area contributed by atoms with Crippen molar-refractivity contribution in [2.24, 2.45) is 10.8 Å². The topological polar surface area (TPSA) is 104 Å². The highest BCUT2D eigenvalue weighted by Gasteiger charge is 2.54. The predicted octanol–water partition coefficient (Wildman–Crippen LogP) is -1.19. The van der Waals surface area contributed by atoms with Crippen LogP contribution in [0.25, 0.3) is 0 Å². The van der Waals surface area contributed by atoms with Crippen molar-refractivity contribution in [3.63, 3.8) is 0 Å². The largest absolute Gasteiger partial charge is 0.396 e. The van der Waals surface area contributed by atoms with E-state index in [2.05, 4.69) is 0 Å². The second-order valence-corrected chi connectivity index (χ2v) is 6.39. The van der Waals surface area contributed by atoms with Crippen molar-refractivity contribution in [3.05, 3.63) is 35.9 Å². The Morgan fingerprint density at radius 3 is 1.73 bits per heavy atom. The number of aliphatic hydroxyl groups excluding tert-OH is 5. The summed E-state index contributed by atoms with van der Waals surface area (Å²) in [6.07, 6.45) is -1.18. The van der Waals surface area contributed by atoms with E-state index in [0.717, 1.165) is 5.56 Å². The Morgan fingerprint density at radius 1 is 0.864 bits per heavy atom. The summed E-state index contributed by atoms with van der Waals surface area (Å²) in [5.41, 5.74) is -1.29. The molecule has 6 nitrogen and oxygen atoms in total. The molecule has 22 heavy (non-hydrogen) atoms. The predicted molar refractivity (Wildman–Crippen MR) is 80.9 cm³/mol. The third-order valence-electron chi connectivity index (χ3n) is 4.75. The van der Waals surface area contributed by atoms with Crippen LogP contribution < -0.4 is 0 Å². The average Bonchev–Trinajstić information content (AvgIpc) is 2.57. The van der Waals surface area contributed by atoms with E-state index < -0.39 is 43.4 Å². The van der Waals surface area contributed by atoms with Gasteiger partial charge in [0, 0.05) is 19.6 Å². The Bertz CT molecular complexity index is 437. The molecular weight excluding hydrogens is 286 g/mol. The van der Waals surface area contributed by atoms with Gasteiger partial charge in [-0.2, -0.15) is 0 Å². The van der Waals surface area contributed by atoms with Gasteiger partial charge in [-0.1, -0.05) is 30.3 Å². The average molecular weight is 311 g/mol. The zero-order valence-corrected chi connectivity index (χ0v) is 12.6. The third-order valence-corrected chi connectivity index (χ3v) is 4.75. The summed E-state index contributed by atoms with van der Waals surface area (Å²) in [6.45, 7) is -0.544. The number of piperidine rings is 1. The third kappa shape index (κ3) is 3.03. The first-order valence-corrected chi connectivity index (χ1v) is 7.43. The van der Waals surface area contributed by atoms with Crippen LogP contribution in [0.4, 0.5) is 0 Å². The first-order valence-electron chi connectivity index (χ1n) is 7.43. The molecule has 1 aromatic rings. The summed E-state index contributed by atoms with van der Waals surface area (Å²) < 4.78 is 0. The van der Waals surface area contributed by atoms with Gasteiger partial charge < -0.3 is 25.5 Å². The fourth-order valence-electron chi connectivity index (χ4n) is 3.37. The SMILES string of the molecule is OCC1(CO)CN(Cc2ccccc2)CC(CO)(CO)C1O. The van der Waals surface area contributed by atoms with Gasteiger partial charge in [-0.05, 0) is 5.56 Å². The number of nitrogens with zero attached hydrogens (tertiary/aromatic N) is 1. The van der Waals surface area contributed by atoms with E-state index in [9.17, 15) is 25.5 Å². The molecule has 1 heterocycles. The van der Waals surface area contributed by atoms with E-state index in [1.54, 1.807) is 0 Å². The maximum Gasteiger partial charge on any atom is 0.0765 e. The lowest BCUT2D eigenvalue weighted by molar-refractivity contribution is -0.194. The standard InChI is InChI=1S/C16H25NO5/c18-9-15(10-19)7-17(6-13-4-2-1-3-5-13)8-16(11-20,12-21)14(15)22/h1-5,14,18-22H,6-12H2. The molecule has 0 amide bonds. The Labute approximate surface area is 130 Å². The molecule has 0 atom stereocenters. The molecule has 1 aliphatic heterocycles. The van der Waals surface area contributed by atoms with Crippen LogP contribution in [0.3, 0.4) is 0 Å². The summed E-state index contributed by atoms with van der Waals surface area (Å²) in [5.74, 6) is 0. The maximum absolute atomic E-state index is 10.5. The molecular formula is C16H25NO5. The molecule has 0 saturated carbocycles. The van der Waals surface area contributed by atoms with Crippen molar-refractivity contribution >= 4 is 0 Å². The molecule has 0 spiro atoms. The van der Waals surface area contributed by atoms with Gasteiger partial charge in [0.25, 0.3) is 0 Å². The number of likely N-dealkylation sites (tertiary alicyclic amines) is 1. The van der Waals surface area contributed by atoms with Crippen LogP contribution in [-0.2, 0) is 6.54 Å². The summed E-state index contributed by atoms with van der Waals surface area (Å²) in [7, 11) is 0. The molecule has 1 aliphatic rings. The van der Waals surface area contributed by atoms with E-state index in [1.807, 2.05) is 35.2 Å². The van der Waals surface area contributed by atoms with Crippen molar-refractivity contribution in [2.75, 3.05) is 39.5 Å². The minimum Gasteiger partial charge on any atom is -0.396 e. The molecule has 124 valence electrons. The zero-order chi connectivity index (χ0) is 16.2. The van der Waals surface area contributed by atoms with Gasteiger partial charge in [-0.3, -0.25) is 4.90 Å². The van der Waals surface area contributed by atoms with E-state index >= 15 is 0 Å². The van der Waals surface area contributed by atoms with E-state index in [1.165, 1.54) is 0 Å². The van der Waals surface area contributed by atoms with Gasteiger partial charge in [0.2, 0.25) is 0 Å². The molecule has 0 unspecified atom stereocenters. The summed E-state index contributed by atoms with van der Waals surface area (Å²) in [6, 6.07) is 9.69. The molecule has 0 aliphatic carbocycles. The molecule has 2 rings (SSSR count). The number of rotatable bonds is 6. The minimum atomic E-state index is -1.18. The number of benzene rings is 1. The first kappa shape index (κ1) is 17.3. The normalized spacial score (nSPS) is 21.9. The van der Waals surface area contributed by atoms with Crippen molar-refractivity contribution in [3.8, 4) is 0 Å². The molecule has 0 bridgehead atoms. The van der Waals surface area contributed by atoms with E-state index in [0.29, 0.717) is 6.54 Å². The highest BCUT2D eigenvalue weighted by Crippen LogP contribution is 2.41. The summed E-state index contributed by atoms with van der Waals surface area (Å²) in [4.78, 5) is 1.95. The van der Waals surface area contributed by atoms with Gasteiger partial charge in [0.1, 0.15) is 0 Å². The van der Waals surface area contributed by atoms with Crippen molar-refractivity contribution < 1.29 is 25.5 Å². The van der Waals surface area contributed by atoms with Crippen LogP contribution in [-0.4, -0.2) is 76.1 Å². The Balaban J connectivity index is 2.28. The fraction of sp³-hybridized carbons (Fsp3) is 0.625. The van der Waals surface area contributed by atoms with Crippen LogP contribution in [0.1, 0.15) is 5.56 Å². The van der Waals surface area contributed by atoms with E-state index in [4.69, 9.17) is 0 Å². The monoisotopic (exact) mass is 311 g/mol. The van der Waals surface area contributed by atoms with Crippen molar-refractivity contribution in [1.29, 1.82) is 0 Å². The van der Waals surface area contributed by atoms with E-state index in [-0.39, 0.29) is 13.1 Å².